The molecule has 2 heterocycles. The van der Waals surface area contributed by atoms with Gasteiger partial charge in [-0.3, -0.25) is 14.3 Å². The van der Waals surface area contributed by atoms with Gasteiger partial charge in [0.15, 0.2) is 9.84 Å². The van der Waals surface area contributed by atoms with Crippen molar-refractivity contribution in [3.05, 3.63) is 46.1 Å². The number of carbonyl (C=O) groups excluding carboxylic acids is 2. The summed E-state index contributed by atoms with van der Waals surface area (Å²) in [5, 5.41) is 9.67. The van der Waals surface area contributed by atoms with Crippen molar-refractivity contribution in [1.82, 2.24) is 15.1 Å². The summed E-state index contributed by atoms with van der Waals surface area (Å²) >= 11 is 0. The van der Waals surface area contributed by atoms with E-state index in [0.717, 1.165) is 22.1 Å². The van der Waals surface area contributed by atoms with Gasteiger partial charge in [-0.2, -0.15) is 18.3 Å². The Morgan fingerprint density at radius 2 is 1.95 bits per heavy atom. The van der Waals surface area contributed by atoms with Gasteiger partial charge in [0.2, 0.25) is 5.91 Å². The molecule has 4 rings (SSSR count). The molecule has 16 heteroatoms. The fraction of sp³-hybridized carbons (Fsp3) is 0.542. The summed E-state index contributed by atoms with van der Waals surface area (Å²) < 4.78 is 103. The normalized spacial score (nSPS) is 18.9. The number of aromatic nitrogens is 2. The van der Waals surface area contributed by atoms with Gasteiger partial charge in [-0.15, -0.1) is 13.2 Å². The minimum Gasteiger partial charge on any atom is -0.342 e. The highest BCUT2D eigenvalue weighted by Crippen LogP contribution is 2.44. The van der Waals surface area contributed by atoms with Gasteiger partial charge in [-0.25, -0.2) is 13.1 Å². The van der Waals surface area contributed by atoms with Crippen LogP contribution in [0.3, 0.4) is 0 Å². The SMILES string of the molecule is CS(=O)(=O)CC(=O)Nc1c2c(nn1CCCOC(F)(F)F)C[C@@]1(CCc3cc(CCC(F)(F)F)ccc31)NC2=O. The van der Waals surface area contributed by atoms with Crippen LogP contribution in [0.1, 0.15) is 52.0 Å². The molecule has 1 atom stereocenters. The number of fused-ring (bicyclic) bond motifs is 3. The van der Waals surface area contributed by atoms with Crippen molar-refractivity contribution in [2.24, 2.45) is 0 Å². The summed E-state index contributed by atoms with van der Waals surface area (Å²) in [7, 11) is -3.73. The van der Waals surface area contributed by atoms with Crippen molar-refractivity contribution >= 4 is 27.5 Å². The lowest BCUT2D eigenvalue weighted by atomic mass is 9.82. The molecular formula is C24H26F6N4O5S. The summed E-state index contributed by atoms with van der Waals surface area (Å²) in [6, 6.07) is 4.95. The Kier molecular flexibility index (Phi) is 7.97. The maximum atomic E-state index is 13.4. The number of rotatable bonds is 9. The van der Waals surface area contributed by atoms with E-state index in [4.69, 9.17) is 0 Å². The second-order valence-corrected chi connectivity index (χ2v) is 12.1. The summed E-state index contributed by atoms with van der Waals surface area (Å²) in [6.07, 6.45) is -8.57. The van der Waals surface area contributed by atoms with Gasteiger partial charge in [0.05, 0.1) is 17.8 Å². The number of benzene rings is 1. The van der Waals surface area contributed by atoms with Crippen molar-refractivity contribution in [1.29, 1.82) is 0 Å². The van der Waals surface area contributed by atoms with Crippen LogP contribution >= 0.6 is 0 Å². The Labute approximate surface area is 225 Å². The molecular weight excluding hydrogens is 570 g/mol. The highest BCUT2D eigenvalue weighted by Gasteiger charge is 2.46. The fourth-order valence-corrected chi connectivity index (χ4v) is 5.69. The molecule has 0 saturated heterocycles. The number of sulfone groups is 1. The number of halogens is 6. The molecule has 1 aliphatic carbocycles. The second kappa shape index (κ2) is 10.7. The third-order valence-electron chi connectivity index (χ3n) is 6.71. The zero-order valence-electron chi connectivity index (χ0n) is 21.2. The third kappa shape index (κ3) is 7.13. The first-order chi connectivity index (χ1) is 18.4. The van der Waals surface area contributed by atoms with Gasteiger partial charge in [0.25, 0.3) is 5.91 Å². The molecule has 1 aromatic carbocycles. The zero-order chi connectivity index (χ0) is 29.5. The number of hydrogen-bond acceptors (Lipinski definition) is 6. The number of ether oxygens (including phenoxy) is 1. The number of alkyl halides is 6. The Balaban J connectivity index is 1.62. The predicted molar refractivity (Wildman–Crippen MR) is 129 cm³/mol. The van der Waals surface area contributed by atoms with E-state index in [1.54, 1.807) is 18.2 Å². The standard InChI is InChI=1S/C24H26F6N4O5S/c1-40(37,38)13-18(35)31-20-19-17(33-34(20)9-2-10-39-24(28,29)30)12-22(32-21(19)36)7-6-15-11-14(3-4-16(15)22)5-8-23(25,26)27/h3-4,11H,2,5-10,12-13H2,1H3,(H,31,35)(H,32,36)/t22-/m1/s1. The van der Waals surface area contributed by atoms with Crippen LogP contribution in [0, 0.1) is 0 Å². The number of anilines is 1. The molecule has 1 spiro atoms. The van der Waals surface area contributed by atoms with E-state index in [1.165, 1.54) is 0 Å². The Morgan fingerprint density at radius 3 is 2.60 bits per heavy atom. The molecule has 0 radical (unpaired) electrons. The summed E-state index contributed by atoms with van der Waals surface area (Å²) in [5.74, 6) is -2.63. The molecule has 2 N–H and O–H groups in total. The minimum absolute atomic E-state index is 0.0422. The molecule has 0 saturated carbocycles. The van der Waals surface area contributed by atoms with Crippen molar-refractivity contribution in [2.45, 2.75) is 63.1 Å². The largest absolute Gasteiger partial charge is 0.522 e. The first-order valence-corrected chi connectivity index (χ1v) is 14.3. The van der Waals surface area contributed by atoms with Gasteiger partial charge in [0.1, 0.15) is 17.1 Å². The fourth-order valence-electron chi connectivity index (χ4n) is 5.14. The first kappa shape index (κ1) is 29.8. The molecule has 0 fully saturated rings. The molecule has 2 aromatic rings. The molecule has 1 aliphatic heterocycles. The molecule has 40 heavy (non-hydrogen) atoms. The minimum atomic E-state index is -4.84. The number of amides is 2. The maximum Gasteiger partial charge on any atom is 0.522 e. The van der Waals surface area contributed by atoms with Crippen LogP contribution in [-0.4, -0.2) is 61.2 Å². The van der Waals surface area contributed by atoms with Crippen LogP contribution in [0.4, 0.5) is 32.2 Å². The quantitative estimate of drug-likeness (QED) is 0.338. The monoisotopic (exact) mass is 596 g/mol. The molecule has 0 unspecified atom stereocenters. The number of aryl methyl sites for hydroxylation is 3. The number of nitrogens with one attached hydrogen (secondary N) is 2. The van der Waals surface area contributed by atoms with E-state index < -0.39 is 58.5 Å². The van der Waals surface area contributed by atoms with Crippen molar-refractivity contribution < 1.29 is 49.1 Å². The Hall–Kier alpha value is -3.14. The first-order valence-electron chi connectivity index (χ1n) is 12.2. The lowest BCUT2D eigenvalue weighted by Crippen LogP contribution is -2.50. The van der Waals surface area contributed by atoms with E-state index in [2.05, 4.69) is 20.5 Å². The van der Waals surface area contributed by atoms with Crippen LogP contribution in [0.2, 0.25) is 0 Å². The average molecular weight is 597 g/mol. The summed E-state index contributed by atoms with van der Waals surface area (Å²) in [4.78, 5) is 25.8. The van der Waals surface area contributed by atoms with Gasteiger partial charge in [-0.1, -0.05) is 18.2 Å². The summed E-state index contributed by atoms with van der Waals surface area (Å²) in [5.41, 5.74) is 1.29. The Bertz CT molecular complexity index is 1420. The zero-order valence-corrected chi connectivity index (χ0v) is 22.0. The van der Waals surface area contributed by atoms with Crippen LogP contribution < -0.4 is 10.6 Å². The number of carbonyl (C=O) groups is 2. The van der Waals surface area contributed by atoms with Crippen LogP contribution in [0.25, 0.3) is 0 Å². The smallest absolute Gasteiger partial charge is 0.342 e. The van der Waals surface area contributed by atoms with Gasteiger partial charge in [-0.05, 0) is 42.4 Å². The van der Waals surface area contributed by atoms with Crippen LogP contribution in [-0.2, 0) is 50.7 Å². The molecule has 0 bridgehead atoms. The van der Waals surface area contributed by atoms with Gasteiger partial charge in [0, 0.05) is 25.6 Å². The van der Waals surface area contributed by atoms with E-state index >= 15 is 0 Å². The highest BCUT2D eigenvalue weighted by atomic mass is 32.2. The number of nitrogens with zero attached hydrogens (tertiary/aromatic N) is 2. The summed E-state index contributed by atoms with van der Waals surface area (Å²) in [6.45, 7) is -0.901. The van der Waals surface area contributed by atoms with Gasteiger partial charge < -0.3 is 10.6 Å². The van der Waals surface area contributed by atoms with Crippen molar-refractivity contribution in [3.8, 4) is 0 Å². The average Bonchev–Trinajstić information content (AvgIpc) is 3.31. The molecule has 1 aromatic heterocycles. The lowest BCUT2D eigenvalue weighted by Gasteiger charge is -2.35. The second-order valence-electron chi connectivity index (χ2n) is 9.98. The van der Waals surface area contributed by atoms with E-state index in [-0.39, 0.29) is 42.9 Å². The molecule has 220 valence electrons. The van der Waals surface area contributed by atoms with Crippen LogP contribution in [0.15, 0.2) is 18.2 Å². The molecule has 2 amide bonds. The Morgan fingerprint density at radius 1 is 1.23 bits per heavy atom. The van der Waals surface area contributed by atoms with E-state index in [0.29, 0.717) is 18.4 Å². The van der Waals surface area contributed by atoms with Crippen molar-refractivity contribution in [2.75, 3.05) is 23.9 Å². The highest BCUT2D eigenvalue weighted by molar-refractivity contribution is 7.91. The molecule has 9 nitrogen and oxygen atoms in total. The predicted octanol–water partition coefficient (Wildman–Crippen LogP) is 3.42. The molecule has 2 aliphatic rings. The number of hydrogen-bond donors (Lipinski definition) is 2. The third-order valence-corrected chi connectivity index (χ3v) is 7.50. The topological polar surface area (TPSA) is 119 Å². The maximum absolute atomic E-state index is 13.4. The lowest BCUT2D eigenvalue weighted by molar-refractivity contribution is -0.324. The van der Waals surface area contributed by atoms with E-state index in [1.807, 2.05) is 0 Å². The van der Waals surface area contributed by atoms with E-state index in [9.17, 15) is 44.3 Å². The van der Waals surface area contributed by atoms with Gasteiger partial charge >= 0.3 is 12.5 Å². The van der Waals surface area contributed by atoms with Crippen LogP contribution in [0.5, 0.6) is 0 Å². The van der Waals surface area contributed by atoms with Crippen molar-refractivity contribution in [3.63, 3.8) is 0 Å².